The van der Waals surface area contributed by atoms with Crippen LogP contribution in [0.4, 0.5) is 0 Å². The summed E-state index contributed by atoms with van der Waals surface area (Å²) >= 11 is 6.44. The Morgan fingerprint density at radius 2 is 2.17 bits per heavy atom. The summed E-state index contributed by atoms with van der Waals surface area (Å²) in [5.74, 6) is -0.300. The third-order valence-corrected chi connectivity index (χ3v) is 4.44. The Kier molecular flexibility index (Phi) is 8.03. The molecule has 1 amide bonds. The number of hydrogen-bond acceptors (Lipinski definition) is 5. The number of benzene rings is 1. The molecule has 154 valence electrons. The van der Waals surface area contributed by atoms with Crippen LogP contribution in [0.3, 0.4) is 0 Å². The maximum Gasteiger partial charge on any atom is 0.331 e. The zero-order valence-electron chi connectivity index (χ0n) is 16.6. The van der Waals surface area contributed by atoms with Crippen LogP contribution in [0.5, 0.6) is 5.75 Å². The number of carbonyl (C=O) groups excluding carboxylic acids is 2. The SMILES string of the molecule is C=CCNC(=O)[C@H](C)OC(=O)/C=C/c1c(C)nn(Cc2cccc(OC)c2)c1Cl. The van der Waals surface area contributed by atoms with Crippen LogP contribution < -0.4 is 10.1 Å². The molecule has 2 rings (SSSR count). The maximum atomic E-state index is 12.0. The molecule has 7 nitrogen and oxygen atoms in total. The lowest BCUT2D eigenvalue weighted by atomic mass is 10.2. The van der Waals surface area contributed by atoms with E-state index >= 15 is 0 Å². The first-order valence-corrected chi connectivity index (χ1v) is 9.36. The summed E-state index contributed by atoms with van der Waals surface area (Å²) in [6.07, 6.45) is 3.38. The van der Waals surface area contributed by atoms with E-state index in [4.69, 9.17) is 21.1 Å². The molecule has 8 heteroatoms. The van der Waals surface area contributed by atoms with E-state index in [1.165, 1.54) is 19.1 Å². The van der Waals surface area contributed by atoms with Crippen molar-refractivity contribution >= 4 is 29.6 Å². The number of methoxy groups -OCH3 is 1. The van der Waals surface area contributed by atoms with E-state index in [1.807, 2.05) is 24.3 Å². The first-order valence-electron chi connectivity index (χ1n) is 8.98. The number of nitrogens with zero attached hydrogens (tertiary/aromatic N) is 2. The van der Waals surface area contributed by atoms with Crippen molar-refractivity contribution in [3.63, 3.8) is 0 Å². The van der Waals surface area contributed by atoms with Crippen LogP contribution in [-0.2, 0) is 20.9 Å². The highest BCUT2D eigenvalue weighted by Gasteiger charge is 2.16. The molecular formula is C21H24ClN3O4. The van der Waals surface area contributed by atoms with Crippen LogP contribution in [0.2, 0.25) is 5.15 Å². The second-order valence-electron chi connectivity index (χ2n) is 6.25. The number of aryl methyl sites for hydroxylation is 1. The molecule has 0 aliphatic carbocycles. The second kappa shape index (κ2) is 10.5. The lowest BCUT2D eigenvalue weighted by Gasteiger charge is -2.11. The second-order valence-corrected chi connectivity index (χ2v) is 6.60. The fourth-order valence-corrected chi connectivity index (χ4v) is 2.84. The van der Waals surface area contributed by atoms with Gasteiger partial charge >= 0.3 is 5.97 Å². The fraction of sp³-hybridized carbons (Fsp3) is 0.286. The summed E-state index contributed by atoms with van der Waals surface area (Å²) in [6.45, 7) is 7.56. The number of halogens is 1. The van der Waals surface area contributed by atoms with Gasteiger partial charge in [0.25, 0.3) is 5.91 Å². The fourth-order valence-electron chi connectivity index (χ4n) is 2.54. The van der Waals surface area contributed by atoms with Crippen LogP contribution in [0.1, 0.15) is 23.7 Å². The highest BCUT2D eigenvalue weighted by Crippen LogP contribution is 2.23. The number of hydrogen-bond donors (Lipinski definition) is 1. The minimum absolute atomic E-state index is 0.303. The Balaban J connectivity index is 2.06. The predicted octanol–water partition coefficient (Wildman–Crippen LogP) is 3.15. The van der Waals surface area contributed by atoms with E-state index in [1.54, 1.807) is 24.8 Å². The standard InChI is InChI=1S/C21H24ClN3O4/c1-5-11-23-21(27)15(3)29-19(26)10-9-18-14(2)24-25(20(18)22)13-16-7-6-8-17(12-16)28-4/h5-10,12,15H,1,11,13H2,2-4H3,(H,23,27)/b10-9+/t15-/m0/s1. The average Bonchev–Trinajstić information content (AvgIpc) is 2.97. The summed E-state index contributed by atoms with van der Waals surface area (Å²) in [4.78, 5) is 23.7. The molecule has 2 aromatic rings. The van der Waals surface area contributed by atoms with E-state index < -0.39 is 18.0 Å². The normalized spacial score (nSPS) is 11.9. The molecule has 0 aliphatic heterocycles. The summed E-state index contributed by atoms with van der Waals surface area (Å²) in [5.41, 5.74) is 2.25. The molecule has 0 saturated heterocycles. The number of rotatable bonds is 9. The van der Waals surface area contributed by atoms with Crippen molar-refractivity contribution < 1.29 is 19.1 Å². The van der Waals surface area contributed by atoms with Gasteiger partial charge in [0, 0.05) is 18.2 Å². The van der Waals surface area contributed by atoms with Crippen LogP contribution in [-0.4, -0.2) is 41.4 Å². The first kappa shape index (κ1) is 22.2. The van der Waals surface area contributed by atoms with Gasteiger partial charge in [0.2, 0.25) is 0 Å². The van der Waals surface area contributed by atoms with Crippen LogP contribution in [0.15, 0.2) is 43.0 Å². The lowest BCUT2D eigenvalue weighted by molar-refractivity contribution is -0.150. The predicted molar refractivity (Wildman–Crippen MR) is 112 cm³/mol. The van der Waals surface area contributed by atoms with Gasteiger partial charge in [-0.3, -0.25) is 4.79 Å². The molecule has 0 aliphatic rings. The quantitative estimate of drug-likeness (QED) is 0.385. The van der Waals surface area contributed by atoms with E-state index in [2.05, 4.69) is 17.0 Å². The summed E-state index contributed by atoms with van der Waals surface area (Å²) in [5, 5.41) is 7.39. The Bertz CT molecular complexity index is 921. The number of carbonyl (C=O) groups is 2. The van der Waals surface area contributed by atoms with Gasteiger partial charge in [-0.2, -0.15) is 5.10 Å². The van der Waals surface area contributed by atoms with E-state index in [-0.39, 0.29) is 0 Å². The molecular weight excluding hydrogens is 394 g/mol. The first-order chi connectivity index (χ1) is 13.8. The minimum atomic E-state index is -0.917. The van der Waals surface area contributed by atoms with Crippen LogP contribution in [0.25, 0.3) is 6.08 Å². The number of esters is 1. The molecule has 0 radical (unpaired) electrons. The van der Waals surface area contributed by atoms with Crippen LogP contribution in [0, 0.1) is 6.92 Å². The Hall–Kier alpha value is -3.06. The Morgan fingerprint density at radius 1 is 1.41 bits per heavy atom. The van der Waals surface area contributed by atoms with Crippen molar-refractivity contribution in [1.82, 2.24) is 15.1 Å². The molecule has 29 heavy (non-hydrogen) atoms. The van der Waals surface area contributed by atoms with Crippen molar-refractivity contribution in [2.45, 2.75) is 26.5 Å². The maximum absolute atomic E-state index is 12.0. The van der Waals surface area contributed by atoms with Gasteiger partial charge in [-0.05, 0) is 37.6 Å². The highest BCUT2D eigenvalue weighted by molar-refractivity contribution is 6.31. The molecule has 0 bridgehead atoms. The highest BCUT2D eigenvalue weighted by atomic mass is 35.5. The van der Waals surface area contributed by atoms with E-state index in [0.29, 0.717) is 29.5 Å². The van der Waals surface area contributed by atoms with Crippen molar-refractivity contribution in [3.05, 3.63) is 65.0 Å². The van der Waals surface area contributed by atoms with Gasteiger partial charge in [0.1, 0.15) is 10.9 Å². The zero-order valence-corrected chi connectivity index (χ0v) is 17.4. The molecule has 0 spiro atoms. The van der Waals surface area contributed by atoms with Crippen molar-refractivity contribution in [1.29, 1.82) is 0 Å². The summed E-state index contributed by atoms with van der Waals surface area (Å²) in [7, 11) is 1.61. The molecule has 0 unspecified atom stereocenters. The smallest absolute Gasteiger partial charge is 0.331 e. The largest absolute Gasteiger partial charge is 0.497 e. The molecule has 1 N–H and O–H groups in total. The third kappa shape index (κ3) is 6.22. The van der Waals surface area contributed by atoms with Crippen molar-refractivity contribution in [2.75, 3.05) is 13.7 Å². The van der Waals surface area contributed by atoms with Gasteiger partial charge < -0.3 is 14.8 Å². The van der Waals surface area contributed by atoms with Crippen molar-refractivity contribution in [3.8, 4) is 5.75 Å². The number of ether oxygens (including phenoxy) is 2. The minimum Gasteiger partial charge on any atom is -0.497 e. The van der Waals surface area contributed by atoms with E-state index in [0.717, 1.165) is 11.3 Å². The third-order valence-electron chi connectivity index (χ3n) is 4.04. The molecule has 1 heterocycles. The number of nitrogens with one attached hydrogen (secondary N) is 1. The number of amides is 1. The van der Waals surface area contributed by atoms with Gasteiger partial charge in [0.15, 0.2) is 6.10 Å². The average molecular weight is 418 g/mol. The Labute approximate surface area is 174 Å². The van der Waals surface area contributed by atoms with Gasteiger partial charge in [-0.1, -0.05) is 29.8 Å². The van der Waals surface area contributed by atoms with E-state index in [9.17, 15) is 9.59 Å². The molecule has 1 aromatic carbocycles. The molecule has 0 fully saturated rings. The zero-order chi connectivity index (χ0) is 21.4. The summed E-state index contributed by atoms with van der Waals surface area (Å²) in [6, 6.07) is 7.60. The topological polar surface area (TPSA) is 82.5 Å². The van der Waals surface area contributed by atoms with Gasteiger partial charge in [-0.15, -0.1) is 6.58 Å². The monoisotopic (exact) mass is 417 g/mol. The van der Waals surface area contributed by atoms with Gasteiger partial charge in [0.05, 0.1) is 19.3 Å². The molecule has 1 aromatic heterocycles. The summed E-state index contributed by atoms with van der Waals surface area (Å²) < 4.78 is 12.0. The van der Waals surface area contributed by atoms with Crippen molar-refractivity contribution in [2.24, 2.45) is 0 Å². The van der Waals surface area contributed by atoms with Crippen LogP contribution >= 0.6 is 11.6 Å². The molecule has 1 atom stereocenters. The lowest BCUT2D eigenvalue weighted by Crippen LogP contribution is -2.35. The molecule has 0 saturated carbocycles. The van der Waals surface area contributed by atoms with Gasteiger partial charge in [-0.25, -0.2) is 9.48 Å². The Morgan fingerprint density at radius 3 is 2.86 bits per heavy atom. The number of aromatic nitrogens is 2.